The van der Waals surface area contributed by atoms with Gasteiger partial charge in [0.15, 0.2) is 0 Å². The van der Waals surface area contributed by atoms with Gasteiger partial charge in [-0.05, 0) is 24.0 Å². The van der Waals surface area contributed by atoms with Crippen LogP contribution in [0.1, 0.15) is 37.8 Å². The maximum atomic E-state index is 10.8. The van der Waals surface area contributed by atoms with Crippen molar-refractivity contribution in [1.29, 1.82) is 0 Å². The Hall–Kier alpha value is -2.62. The fourth-order valence-corrected chi connectivity index (χ4v) is 2.18. The van der Waals surface area contributed by atoms with Crippen molar-refractivity contribution in [2.45, 2.75) is 39.5 Å². The van der Waals surface area contributed by atoms with E-state index in [0.717, 1.165) is 12.8 Å². The van der Waals surface area contributed by atoms with Crippen LogP contribution in [0, 0.1) is 5.92 Å². The summed E-state index contributed by atoms with van der Waals surface area (Å²) in [6.07, 6.45) is 2.80. The molecule has 0 saturated carbocycles. The summed E-state index contributed by atoms with van der Waals surface area (Å²) >= 11 is 0. The molecule has 0 radical (unpaired) electrons. The Morgan fingerprint density at radius 2 is 1.42 bits per heavy atom. The maximum absolute atomic E-state index is 10.8. The van der Waals surface area contributed by atoms with Crippen LogP contribution >= 0.6 is 0 Å². The Morgan fingerprint density at radius 3 is 1.88 bits per heavy atom. The minimum absolute atomic E-state index is 0.129. The molecule has 140 valence electrons. The van der Waals surface area contributed by atoms with E-state index in [1.165, 1.54) is 11.1 Å². The van der Waals surface area contributed by atoms with Crippen LogP contribution in [-0.2, 0) is 27.2 Å². The number of carboxylic acid groups (broad SMARTS) is 1. The van der Waals surface area contributed by atoms with Crippen molar-refractivity contribution in [2.75, 3.05) is 6.61 Å². The van der Waals surface area contributed by atoms with Gasteiger partial charge in [-0.2, -0.15) is 0 Å². The van der Waals surface area contributed by atoms with Gasteiger partial charge in [-0.15, -0.1) is 0 Å². The van der Waals surface area contributed by atoms with Gasteiger partial charge in [-0.3, -0.25) is 9.59 Å². The predicted molar refractivity (Wildman–Crippen MR) is 103 cm³/mol. The minimum Gasteiger partial charge on any atom is -0.481 e. The van der Waals surface area contributed by atoms with Crippen LogP contribution in [0.2, 0.25) is 0 Å². The Bertz CT molecular complexity index is 636. The summed E-state index contributed by atoms with van der Waals surface area (Å²) in [5.41, 5.74) is 2.40. The average Bonchev–Trinajstić information content (AvgIpc) is 2.68. The molecule has 4 heteroatoms. The van der Waals surface area contributed by atoms with E-state index < -0.39 is 5.97 Å². The van der Waals surface area contributed by atoms with E-state index in [0.29, 0.717) is 19.4 Å². The first kappa shape index (κ1) is 21.4. The largest absolute Gasteiger partial charge is 0.481 e. The molecule has 0 fully saturated rings. The first-order chi connectivity index (χ1) is 12.5. The van der Waals surface area contributed by atoms with E-state index in [1.54, 1.807) is 13.8 Å². The van der Waals surface area contributed by atoms with Crippen molar-refractivity contribution in [3.8, 4) is 0 Å². The summed E-state index contributed by atoms with van der Waals surface area (Å²) in [5.74, 6) is -1.09. The number of carboxylic acids is 1. The third kappa shape index (κ3) is 9.62. The minimum atomic E-state index is -0.712. The quantitative estimate of drug-likeness (QED) is 0.706. The van der Waals surface area contributed by atoms with Crippen LogP contribution in [0.3, 0.4) is 0 Å². The molecule has 1 unspecified atom stereocenters. The van der Waals surface area contributed by atoms with Crippen LogP contribution in [0.4, 0.5) is 0 Å². The van der Waals surface area contributed by atoms with Crippen molar-refractivity contribution in [2.24, 2.45) is 5.92 Å². The Kier molecular flexibility index (Phi) is 10.5. The Labute approximate surface area is 155 Å². The number of esters is 1. The van der Waals surface area contributed by atoms with E-state index >= 15 is 0 Å². The van der Waals surface area contributed by atoms with Crippen LogP contribution in [0.5, 0.6) is 0 Å². The second-order valence-corrected chi connectivity index (χ2v) is 6.07. The number of aliphatic carboxylic acids is 1. The molecule has 1 atom stereocenters. The molecule has 2 aromatic carbocycles. The fraction of sp³-hybridized carbons (Fsp3) is 0.364. The first-order valence-electron chi connectivity index (χ1n) is 8.99. The zero-order valence-electron chi connectivity index (χ0n) is 15.6. The number of ether oxygens (including phenoxy) is 1. The normalized spacial score (nSPS) is 11.0. The van der Waals surface area contributed by atoms with Crippen LogP contribution in [0.25, 0.3) is 0 Å². The maximum Gasteiger partial charge on any atom is 0.306 e. The second kappa shape index (κ2) is 12.7. The molecule has 0 heterocycles. The molecule has 0 spiro atoms. The van der Waals surface area contributed by atoms with Crippen molar-refractivity contribution >= 4 is 11.9 Å². The Morgan fingerprint density at radius 1 is 0.923 bits per heavy atom. The number of rotatable bonds is 8. The van der Waals surface area contributed by atoms with E-state index in [2.05, 4.69) is 0 Å². The lowest BCUT2D eigenvalue weighted by atomic mass is 10.0. The standard InChI is InChI=1S/2C11H14O2/c1-9(11(12)13)7-8-10-5-3-2-4-6-10;1-2-11(12)13-9-8-10-6-4-3-5-7-10/h2-6,9H,7-8H2,1H3,(H,12,13);3-7H,2,8-9H2,1H3. The third-order valence-electron chi connectivity index (χ3n) is 3.92. The van der Waals surface area contributed by atoms with Gasteiger partial charge in [0.1, 0.15) is 0 Å². The molecule has 0 aliphatic rings. The van der Waals surface area contributed by atoms with E-state index in [1.807, 2.05) is 60.7 Å². The monoisotopic (exact) mass is 356 g/mol. The molecule has 0 bridgehead atoms. The summed E-state index contributed by atoms with van der Waals surface area (Å²) in [6, 6.07) is 19.9. The number of carbonyl (C=O) groups is 2. The van der Waals surface area contributed by atoms with Gasteiger partial charge < -0.3 is 9.84 Å². The predicted octanol–water partition coefficient (Wildman–Crippen LogP) is 4.52. The molecule has 0 aromatic heterocycles. The summed E-state index contributed by atoms with van der Waals surface area (Å²) in [6.45, 7) is 4.02. The van der Waals surface area contributed by atoms with Crippen LogP contribution in [-0.4, -0.2) is 23.7 Å². The third-order valence-corrected chi connectivity index (χ3v) is 3.92. The van der Waals surface area contributed by atoms with Crippen molar-refractivity contribution in [3.63, 3.8) is 0 Å². The van der Waals surface area contributed by atoms with Gasteiger partial charge in [-0.1, -0.05) is 74.5 Å². The average molecular weight is 356 g/mol. The summed E-state index contributed by atoms with van der Waals surface area (Å²) in [7, 11) is 0. The lowest BCUT2D eigenvalue weighted by molar-refractivity contribution is -0.143. The van der Waals surface area contributed by atoms with Crippen LogP contribution < -0.4 is 0 Å². The van der Waals surface area contributed by atoms with E-state index in [9.17, 15) is 9.59 Å². The summed E-state index contributed by atoms with van der Waals surface area (Å²) in [5, 5.41) is 8.66. The van der Waals surface area contributed by atoms with Gasteiger partial charge >= 0.3 is 11.9 Å². The molecule has 0 aliphatic heterocycles. The van der Waals surface area contributed by atoms with Gasteiger partial charge in [0, 0.05) is 12.8 Å². The van der Waals surface area contributed by atoms with Gasteiger partial charge in [0.25, 0.3) is 0 Å². The molecular weight excluding hydrogens is 328 g/mol. The summed E-state index contributed by atoms with van der Waals surface area (Å²) < 4.78 is 4.96. The highest BCUT2D eigenvalue weighted by atomic mass is 16.5. The molecule has 0 amide bonds. The molecule has 2 rings (SSSR count). The molecule has 0 saturated heterocycles. The van der Waals surface area contributed by atoms with Crippen LogP contribution in [0.15, 0.2) is 60.7 Å². The molecule has 2 aromatic rings. The number of benzene rings is 2. The van der Waals surface area contributed by atoms with E-state index in [-0.39, 0.29) is 11.9 Å². The Balaban J connectivity index is 0.000000260. The molecule has 4 nitrogen and oxygen atoms in total. The highest BCUT2D eigenvalue weighted by Crippen LogP contribution is 2.09. The molecule has 0 aliphatic carbocycles. The van der Waals surface area contributed by atoms with Crippen molar-refractivity contribution in [3.05, 3.63) is 71.8 Å². The molecule has 26 heavy (non-hydrogen) atoms. The number of hydrogen-bond acceptors (Lipinski definition) is 3. The zero-order valence-corrected chi connectivity index (χ0v) is 15.6. The second-order valence-electron chi connectivity index (χ2n) is 6.07. The smallest absolute Gasteiger partial charge is 0.306 e. The highest BCUT2D eigenvalue weighted by Gasteiger charge is 2.09. The molecular formula is C22H28O4. The number of hydrogen-bond donors (Lipinski definition) is 1. The van der Waals surface area contributed by atoms with Gasteiger partial charge in [0.2, 0.25) is 0 Å². The van der Waals surface area contributed by atoms with E-state index in [4.69, 9.17) is 9.84 Å². The lowest BCUT2D eigenvalue weighted by Gasteiger charge is -2.05. The summed E-state index contributed by atoms with van der Waals surface area (Å²) in [4.78, 5) is 21.3. The number of aryl methyl sites for hydroxylation is 1. The van der Waals surface area contributed by atoms with Gasteiger partial charge in [0.05, 0.1) is 12.5 Å². The molecule has 1 N–H and O–H groups in total. The first-order valence-corrected chi connectivity index (χ1v) is 8.99. The number of carbonyl (C=O) groups excluding carboxylic acids is 1. The van der Waals surface area contributed by atoms with Gasteiger partial charge in [-0.25, -0.2) is 0 Å². The zero-order chi connectivity index (χ0) is 19.2. The highest BCUT2D eigenvalue weighted by molar-refractivity contribution is 5.69. The lowest BCUT2D eigenvalue weighted by Crippen LogP contribution is -2.10. The fourth-order valence-electron chi connectivity index (χ4n) is 2.18. The topological polar surface area (TPSA) is 63.6 Å². The van der Waals surface area contributed by atoms with Crippen molar-refractivity contribution < 1.29 is 19.4 Å². The van der Waals surface area contributed by atoms with Crippen molar-refractivity contribution in [1.82, 2.24) is 0 Å². The SMILES string of the molecule is CC(CCc1ccccc1)C(=O)O.CCC(=O)OCCc1ccccc1.